The second kappa shape index (κ2) is 6.37. The molecular weight excluding hydrogens is 304 g/mol. The number of amides is 1. The Labute approximate surface area is 139 Å². The van der Waals surface area contributed by atoms with Gasteiger partial charge in [0.15, 0.2) is 6.73 Å². The normalized spacial score (nSPS) is 13.8. The Bertz CT molecular complexity index is 839. The summed E-state index contributed by atoms with van der Waals surface area (Å²) in [6, 6.07) is 17.5. The molecule has 3 aromatic rings. The van der Waals surface area contributed by atoms with Crippen LogP contribution in [0.1, 0.15) is 16.1 Å². The molecule has 0 bridgehead atoms. The number of hydrogen-bond acceptors (Lipinski definition) is 3. The van der Waals surface area contributed by atoms with Crippen LogP contribution < -0.4 is 4.74 Å². The van der Waals surface area contributed by atoms with E-state index >= 15 is 0 Å². The third-order valence-electron chi connectivity index (χ3n) is 4.13. The summed E-state index contributed by atoms with van der Waals surface area (Å²) in [7, 11) is 0. The maximum absolute atomic E-state index is 12.4. The van der Waals surface area contributed by atoms with Gasteiger partial charge in [0.2, 0.25) is 0 Å². The largest absolute Gasteiger partial charge is 0.472 e. The van der Waals surface area contributed by atoms with Crippen LogP contribution in [-0.4, -0.2) is 35.7 Å². The average Bonchev–Trinajstić information content (AvgIpc) is 3.03. The zero-order valence-electron chi connectivity index (χ0n) is 13.2. The Morgan fingerprint density at radius 2 is 1.96 bits per heavy atom. The molecule has 122 valence electrons. The van der Waals surface area contributed by atoms with Crippen molar-refractivity contribution in [3.63, 3.8) is 0 Å². The van der Waals surface area contributed by atoms with E-state index in [1.807, 2.05) is 36.4 Å². The van der Waals surface area contributed by atoms with Crippen molar-refractivity contribution in [2.24, 2.45) is 0 Å². The summed E-state index contributed by atoms with van der Waals surface area (Å²) >= 11 is 0. The molecule has 1 aliphatic rings. The molecule has 2 heterocycles. The second-order valence-electron chi connectivity index (χ2n) is 5.77. The van der Waals surface area contributed by atoms with Gasteiger partial charge in [-0.05, 0) is 29.7 Å². The number of hydrogen-bond donors (Lipinski definition) is 1. The number of para-hydroxylation sites is 2. The van der Waals surface area contributed by atoms with Gasteiger partial charge in [0.05, 0.1) is 18.8 Å². The highest BCUT2D eigenvalue weighted by Crippen LogP contribution is 2.24. The van der Waals surface area contributed by atoms with Gasteiger partial charge >= 0.3 is 0 Å². The molecule has 5 heteroatoms. The summed E-state index contributed by atoms with van der Waals surface area (Å²) in [6.45, 7) is 1.74. The highest BCUT2D eigenvalue weighted by atomic mass is 16.5. The SMILES string of the molecule is O=C1c2ccccc2OCN1CCOCc1cc2ccccc2[nH]1. The highest BCUT2D eigenvalue weighted by molar-refractivity contribution is 5.97. The fraction of sp³-hybridized carbons (Fsp3) is 0.211. The lowest BCUT2D eigenvalue weighted by Crippen LogP contribution is -2.40. The lowest BCUT2D eigenvalue weighted by molar-refractivity contribution is 0.0355. The third kappa shape index (κ3) is 2.86. The van der Waals surface area contributed by atoms with Crippen molar-refractivity contribution in [3.05, 3.63) is 65.9 Å². The van der Waals surface area contributed by atoms with E-state index in [9.17, 15) is 4.79 Å². The smallest absolute Gasteiger partial charge is 0.260 e. The topological polar surface area (TPSA) is 54.6 Å². The molecule has 0 radical (unpaired) electrons. The molecular formula is C19H18N2O3. The summed E-state index contributed by atoms with van der Waals surface area (Å²) in [5.74, 6) is 0.642. The van der Waals surface area contributed by atoms with Crippen LogP contribution in [0.4, 0.5) is 0 Å². The minimum atomic E-state index is -0.00828. The molecule has 2 aromatic carbocycles. The minimum absolute atomic E-state index is 0.00828. The van der Waals surface area contributed by atoms with Crippen molar-refractivity contribution in [2.75, 3.05) is 19.9 Å². The Morgan fingerprint density at radius 1 is 1.12 bits per heavy atom. The number of ether oxygens (including phenoxy) is 2. The first-order chi connectivity index (χ1) is 11.8. The molecule has 0 saturated carbocycles. The number of fused-ring (bicyclic) bond motifs is 2. The molecule has 1 aromatic heterocycles. The van der Waals surface area contributed by atoms with E-state index in [0.29, 0.717) is 31.1 Å². The molecule has 4 rings (SSSR count). The van der Waals surface area contributed by atoms with Crippen LogP contribution in [0.25, 0.3) is 10.9 Å². The number of aromatic amines is 1. The van der Waals surface area contributed by atoms with E-state index in [1.165, 1.54) is 5.39 Å². The van der Waals surface area contributed by atoms with Gasteiger partial charge in [-0.25, -0.2) is 0 Å². The Kier molecular flexibility index (Phi) is 3.92. The molecule has 0 aliphatic carbocycles. The lowest BCUT2D eigenvalue weighted by Gasteiger charge is -2.28. The number of aromatic nitrogens is 1. The fourth-order valence-electron chi connectivity index (χ4n) is 2.88. The van der Waals surface area contributed by atoms with Crippen molar-refractivity contribution in [1.82, 2.24) is 9.88 Å². The second-order valence-corrected chi connectivity index (χ2v) is 5.77. The molecule has 1 amide bonds. The van der Waals surface area contributed by atoms with Crippen molar-refractivity contribution < 1.29 is 14.3 Å². The Balaban J connectivity index is 1.31. The number of nitrogens with zero attached hydrogens (tertiary/aromatic N) is 1. The predicted octanol–water partition coefficient (Wildman–Crippen LogP) is 3.18. The number of benzene rings is 2. The summed E-state index contributed by atoms with van der Waals surface area (Å²) < 4.78 is 11.3. The van der Waals surface area contributed by atoms with Crippen molar-refractivity contribution in [3.8, 4) is 5.75 Å². The monoisotopic (exact) mass is 322 g/mol. The predicted molar refractivity (Wildman–Crippen MR) is 90.9 cm³/mol. The van der Waals surface area contributed by atoms with Gasteiger partial charge in [0.1, 0.15) is 5.75 Å². The van der Waals surface area contributed by atoms with E-state index in [-0.39, 0.29) is 12.6 Å². The van der Waals surface area contributed by atoms with Crippen LogP contribution in [0, 0.1) is 0 Å². The highest BCUT2D eigenvalue weighted by Gasteiger charge is 2.24. The first-order valence-corrected chi connectivity index (χ1v) is 7.97. The van der Waals surface area contributed by atoms with Gasteiger partial charge in [-0.2, -0.15) is 0 Å². The van der Waals surface area contributed by atoms with Gasteiger partial charge in [0.25, 0.3) is 5.91 Å². The zero-order chi connectivity index (χ0) is 16.4. The standard InChI is InChI=1S/C19H18N2O3/c22-19-16-6-2-4-8-18(16)24-13-21(19)9-10-23-12-15-11-14-5-1-3-7-17(14)20-15/h1-8,11,20H,9-10,12-13H2. The van der Waals surface area contributed by atoms with E-state index in [1.54, 1.807) is 11.0 Å². The molecule has 0 atom stereocenters. The summed E-state index contributed by atoms with van der Waals surface area (Å²) in [5.41, 5.74) is 2.74. The van der Waals surface area contributed by atoms with Crippen molar-refractivity contribution in [1.29, 1.82) is 0 Å². The van der Waals surface area contributed by atoms with E-state index in [2.05, 4.69) is 17.1 Å². The Hall–Kier alpha value is -2.79. The first-order valence-electron chi connectivity index (χ1n) is 7.97. The third-order valence-corrected chi connectivity index (χ3v) is 4.13. The van der Waals surface area contributed by atoms with Gasteiger partial charge in [-0.15, -0.1) is 0 Å². The number of nitrogens with one attached hydrogen (secondary N) is 1. The number of carbonyl (C=O) groups excluding carboxylic acids is 1. The minimum Gasteiger partial charge on any atom is -0.472 e. The van der Waals surface area contributed by atoms with Crippen LogP contribution >= 0.6 is 0 Å². The molecule has 0 unspecified atom stereocenters. The van der Waals surface area contributed by atoms with Crippen molar-refractivity contribution in [2.45, 2.75) is 6.61 Å². The number of carbonyl (C=O) groups is 1. The maximum atomic E-state index is 12.4. The number of H-pyrrole nitrogens is 1. The maximum Gasteiger partial charge on any atom is 0.260 e. The van der Waals surface area contributed by atoms with Crippen LogP contribution in [0.15, 0.2) is 54.6 Å². The zero-order valence-corrected chi connectivity index (χ0v) is 13.2. The van der Waals surface area contributed by atoms with Crippen LogP contribution in [0.3, 0.4) is 0 Å². The van der Waals surface area contributed by atoms with Gasteiger partial charge in [-0.3, -0.25) is 4.79 Å². The molecule has 0 spiro atoms. The van der Waals surface area contributed by atoms with Crippen LogP contribution in [0.2, 0.25) is 0 Å². The van der Waals surface area contributed by atoms with E-state index in [0.717, 1.165) is 11.2 Å². The van der Waals surface area contributed by atoms with Crippen molar-refractivity contribution >= 4 is 16.8 Å². The van der Waals surface area contributed by atoms with E-state index in [4.69, 9.17) is 9.47 Å². The summed E-state index contributed by atoms with van der Waals surface area (Å²) in [6.07, 6.45) is 0. The van der Waals surface area contributed by atoms with Gasteiger partial charge in [0, 0.05) is 17.8 Å². The first kappa shape index (κ1) is 14.8. The lowest BCUT2D eigenvalue weighted by atomic mass is 10.1. The molecule has 24 heavy (non-hydrogen) atoms. The Morgan fingerprint density at radius 3 is 2.88 bits per heavy atom. The van der Waals surface area contributed by atoms with Crippen LogP contribution in [0.5, 0.6) is 5.75 Å². The number of rotatable bonds is 5. The quantitative estimate of drug-likeness (QED) is 0.734. The van der Waals surface area contributed by atoms with Gasteiger partial charge < -0.3 is 19.4 Å². The molecule has 5 nitrogen and oxygen atoms in total. The molecule has 1 N–H and O–H groups in total. The van der Waals surface area contributed by atoms with Crippen LogP contribution in [-0.2, 0) is 11.3 Å². The molecule has 1 aliphatic heterocycles. The summed E-state index contributed by atoms with van der Waals surface area (Å²) in [5, 5.41) is 1.17. The van der Waals surface area contributed by atoms with Gasteiger partial charge in [-0.1, -0.05) is 30.3 Å². The molecule has 0 saturated heterocycles. The van der Waals surface area contributed by atoms with E-state index < -0.39 is 0 Å². The fourth-order valence-corrected chi connectivity index (χ4v) is 2.88. The molecule has 0 fully saturated rings. The summed E-state index contributed by atoms with van der Waals surface area (Å²) in [4.78, 5) is 17.4. The average molecular weight is 322 g/mol.